The Hall–Kier alpha value is -1.48. The molecule has 0 aliphatic heterocycles. The van der Waals surface area contributed by atoms with Crippen molar-refractivity contribution < 1.29 is 4.42 Å². The Morgan fingerprint density at radius 1 is 1.05 bits per heavy atom. The number of hydrogen-bond donors (Lipinski definition) is 1. The van der Waals surface area contributed by atoms with E-state index in [2.05, 4.69) is 12.2 Å². The van der Waals surface area contributed by atoms with E-state index in [4.69, 9.17) is 27.6 Å². The molecule has 2 aromatic carbocycles. The maximum atomic E-state index is 6.37. The van der Waals surface area contributed by atoms with Crippen molar-refractivity contribution in [3.63, 3.8) is 0 Å². The highest BCUT2D eigenvalue weighted by atomic mass is 35.5. The van der Waals surface area contributed by atoms with Crippen molar-refractivity contribution in [2.24, 2.45) is 0 Å². The topological polar surface area (TPSA) is 25.2 Å². The van der Waals surface area contributed by atoms with Gasteiger partial charge in [-0.1, -0.05) is 35.3 Å². The van der Waals surface area contributed by atoms with Crippen LogP contribution < -0.4 is 5.32 Å². The van der Waals surface area contributed by atoms with Gasteiger partial charge in [-0.05, 0) is 49.9 Å². The molecule has 2 nitrogen and oxygen atoms in total. The van der Waals surface area contributed by atoms with Crippen LogP contribution in [0.5, 0.6) is 0 Å². The van der Waals surface area contributed by atoms with Crippen LogP contribution >= 0.6 is 23.2 Å². The predicted octanol–water partition coefficient (Wildman–Crippen LogP) is 5.69. The molecule has 1 N–H and O–H groups in total. The Morgan fingerprint density at radius 2 is 1.86 bits per heavy atom. The summed E-state index contributed by atoms with van der Waals surface area (Å²) in [6.45, 7) is 2.07. The van der Waals surface area contributed by atoms with E-state index >= 15 is 0 Å². The smallest absolute Gasteiger partial charge is 0.135 e. The van der Waals surface area contributed by atoms with Gasteiger partial charge in [-0.15, -0.1) is 0 Å². The zero-order valence-electron chi connectivity index (χ0n) is 11.8. The molecular formula is C17H15Cl2NO. The highest BCUT2D eigenvalue weighted by molar-refractivity contribution is 6.32. The van der Waals surface area contributed by atoms with Gasteiger partial charge in [0.2, 0.25) is 0 Å². The summed E-state index contributed by atoms with van der Waals surface area (Å²) in [5, 5.41) is 5.60. The lowest BCUT2D eigenvalue weighted by molar-refractivity contribution is 0.630. The Labute approximate surface area is 133 Å². The first-order valence-electron chi connectivity index (χ1n) is 6.74. The maximum Gasteiger partial charge on any atom is 0.135 e. The number of fused-ring (bicyclic) bond motifs is 1. The third-order valence-corrected chi connectivity index (χ3v) is 4.23. The van der Waals surface area contributed by atoms with Gasteiger partial charge in [-0.3, -0.25) is 0 Å². The SMILES string of the molecule is CNC(C)c1ccc(-c2cc3cc(Cl)ccc3o2)cc1Cl. The molecule has 1 unspecified atom stereocenters. The minimum Gasteiger partial charge on any atom is -0.456 e. The molecule has 1 aromatic heterocycles. The van der Waals surface area contributed by atoms with Gasteiger partial charge in [0.15, 0.2) is 0 Å². The average Bonchev–Trinajstić information content (AvgIpc) is 2.89. The van der Waals surface area contributed by atoms with Crippen molar-refractivity contribution in [1.82, 2.24) is 5.32 Å². The maximum absolute atomic E-state index is 6.37. The number of furan rings is 1. The molecule has 1 atom stereocenters. The summed E-state index contributed by atoms with van der Waals surface area (Å²) in [5.74, 6) is 0.790. The van der Waals surface area contributed by atoms with Crippen LogP contribution in [0.4, 0.5) is 0 Å². The fourth-order valence-corrected chi connectivity index (χ4v) is 2.87. The first-order valence-corrected chi connectivity index (χ1v) is 7.50. The summed E-state index contributed by atoms with van der Waals surface area (Å²) in [5.41, 5.74) is 2.85. The lowest BCUT2D eigenvalue weighted by Gasteiger charge is -2.13. The largest absolute Gasteiger partial charge is 0.456 e. The van der Waals surface area contributed by atoms with Crippen LogP contribution in [0.15, 0.2) is 46.9 Å². The van der Waals surface area contributed by atoms with Gasteiger partial charge in [0.05, 0.1) is 0 Å². The monoisotopic (exact) mass is 319 g/mol. The van der Waals surface area contributed by atoms with Crippen molar-refractivity contribution in [2.75, 3.05) is 7.05 Å². The normalized spacial score (nSPS) is 12.8. The van der Waals surface area contributed by atoms with Crippen LogP contribution in [-0.2, 0) is 0 Å². The summed E-state index contributed by atoms with van der Waals surface area (Å²) < 4.78 is 5.86. The molecule has 0 bridgehead atoms. The van der Waals surface area contributed by atoms with Crippen LogP contribution in [0.25, 0.3) is 22.3 Å². The number of halogens is 2. The Bertz CT molecular complexity index is 795. The van der Waals surface area contributed by atoms with E-state index in [-0.39, 0.29) is 6.04 Å². The lowest BCUT2D eigenvalue weighted by Crippen LogP contribution is -2.12. The molecule has 1 heterocycles. The first-order chi connectivity index (χ1) is 10.1. The molecule has 0 aliphatic carbocycles. The van der Waals surface area contributed by atoms with Crippen LogP contribution in [0.1, 0.15) is 18.5 Å². The van der Waals surface area contributed by atoms with Gasteiger partial charge in [-0.25, -0.2) is 0 Å². The summed E-state index contributed by atoms with van der Waals surface area (Å²) in [4.78, 5) is 0. The van der Waals surface area contributed by atoms with Crippen LogP contribution in [0, 0.1) is 0 Å². The molecule has 0 amide bonds. The molecular weight excluding hydrogens is 305 g/mol. The summed E-state index contributed by atoms with van der Waals surface area (Å²) in [7, 11) is 1.91. The zero-order valence-corrected chi connectivity index (χ0v) is 13.3. The number of benzene rings is 2. The summed E-state index contributed by atoms with van der Waals surface area (Å²) >= 11 is 12.4. The van der Waals surface area contributed by atoms with Crippen molar-refractivity contribution in [1.29, 1.82) is 0 Å². The van der Waals surface area contributed by atoms with Crippen LogP contribution in [0.3, 0.4) is 0 Å². The van der Waals surface area contributed by atoms with Gasteiger partial charge in [-0.2, -0.15) is 0 Å². The van der Waals surface area contributed by atoms with Crippen LogP contribution in [-0.4, -0.2) is 7.05 Å². The minimum atomic E-state index is 0.209. The van der Waals surface area contributed by atoms with Gasteiger partial charge in [0.25, 0.3) is 0 Å². The molecule has 0 fully saturated rings. The van der Waals surface area contributed by atoms with Gasteiger partial charge in [0.1, 0.15) is 11.3 Å². The number of hydrogen-bond acceptors (Lipinski definition) is 2. The van der Waals surface area contributed by atoms with Gasteiger partial charge >= 0.3 is 0 Å². The second-order valence-electron chi connectivity index (χ2n) is 5.04. The highest BCUT2D eigenvalue weighted by Gasteiger charge is 2.11. The van der Waals surface area contributed by atoms with E-state index in [0.717, 1.165) is 32.9 Å². The van der Waals surface area contributed by atoms with E-state index in [1.807, 2.05) is 49.5 Å². The quantitative estimate of drug-likeness (QED) is 0.671. The van der Waals surface area contributed by atoms with E-state index < -0.39 is 0 Å². The third-order valence-electron chi connectivity index (χ3n) is 3.66. The molecule has 4 heteroatoms. The zero-order chi connectivity index (χ0) is 15.0. The standard InChI is InChI=1S/C17H15Cl2NO/c1-10(20-2)14-5-3-11(8-15(14)19)17-9-12-7-13(18)4-6-16(12)21-17/h3-10,20H,1-2H3. The average molecular weight is 320 g/mol. The van der Waals surface area contributed by atoms with E-state index in [1.165, 1.54) is 0 Å². The molecule has 0 radical (unpaired) electrons. The Morgan fingerprint density at radius 3 is 2.57 bits per heavy atom. The molecule has 0 saturated heterocycles. The Kier molecular flexibility index (Phi) is 3.94. The van der Waals surface area contributed by atoms with Crippen molar-refractivity contribution in [2.45, 2.75) is 13.0 Å². The summed E-state index contributed by atoms with van der Waals surface area (Å²) in [6, 6.07) is 13.8. The van der Waals surface area contributed by atoms with E-state index in [0.29, 0.717) is 5.02 Å². The lowest BCUT2D eigenvalue weighted by atomic mass is 10.0. The third kappa shape index (κ3) is 2.80. The highest BCUT2D eigenvalue weighted by Crippen LogP contribution is 2.33. The molecule has 0 saturated carbocycles. The van der Waals surface area contributed by atoms with Crippen molar-refractivity contribution in [3.05, 3.63) is 58.1 Å². The fraction of sp³-hybridized carbons (Fsp3) is 0.176. The molecule has 108 valence electrons. The van der Waals surface area contributed by atoms with Crippen molar-refractivity contribution >= 4 is 34.2 Å². The Balaban J connectivity index is 2.04. The fourth-order valence-electron chi connectivity index (χ4n) is 2.34. The van der Waals surface area contributed by atoms with Gasteiger partial charge in [0, 0.05) is 27.0 Å². The van der Waals surface area contributed by atoms with Crippen molar-refractivity contribution in [3.8, 4) is 11.3 Å². The first kappa shape index (κ1) is 14.5. The summed E-state index contributed by atoms with van der Waals surface area (Å²) in [6.07, 6.45) is 0. The van der Waals surface area contributed by atoms with Crippen LogP contribution in [0.2, 0.25) is 10.0 Å². The van der Waals surface area contributed by atoms with E-state index in [1.54, 1.807) is 0 Å². The predicted molar refractivity (Wildman–Crippen MR) is 89.1 cm³/mol. The second-order valence-corrected chi connectivity index (χ2v) is 5.88. The molecule has 0 aliphatic rings. The molecule has 3 aromatic rings. The second kappa shape index (κ2) is 5.72. The number of nitrogens with one attached hydrogen (secondary N) is 1. The molecule has 3 rings (SSSR count). The van der Waals surface area contributed by atoms with E-state index in [9.17, 15) is 0 Å². The minimum absolute atomic E-state index is 0.209. The van der Waals surface area contributed by atoms with Gasteiger partial charge < -0.3 is 9.73 Å². The molecule has 21 heavy (non-hydrogen) atoms. The number of rotatable bonds is 3. The molecule has 0 spiro atoms.